The van der Waals surface area contributed by atoms with Crippen molar-refractivity contribution in [1.82, 2.24) is 0 Å². The summed E-state index contributed by atoms with van der Waals surface area (Å²) in [4.78, 5) is 26.8. The molecular formula is C28H23IN2O3S. The Morgan fingerprint density at radius 2 is 1.51 bits per heavy atom. The van der Waals surface area contributed by atoms with Crippen molar-refractivity contribution in [3.63, 3.8) is 0 Å². The highest BCUT2D eigenvalue weighted by molar-refractivity contribution is 14.1. The van der Waals surface area contributed by atoms with Crippen molar-refractivity contribution in [3.05, 3.63) is 118 Å². The summed E-state index contributed by atoms with van der Waals surface area (Å²) in [6, 6.07) is 31.8. The fourth-order valence-electron chi connectivity index (χ4n) is 3.37. The van der Waals surface area contributed by atoms with E-state index >= 15 is 0 Å². The van der Waals surface area contributed by atoms with E-state index in [1.54, 1.807) is 31.4 Å². The van der Waals surface area contributed by atoms with Crippen LogP contribution in [0.25, 0.3) is 0 Å². The lowest BCUT2D eigenvalue weighted by Crippen LogP contribution is -2.19. The zero-order chi connectivity index (χ0) is 24.6. The molecule has 2 amide bonds. The van der Waals surface area contributed by atoms with Crippen LogP contribution in [0.2, 0.25) is 0 Å². The second-order valence-electron chi connectivity index (χ2n) is 7.62. The smallest absolute Gasteiger partial charge is 0.255 e. The first kappa shape index (κ1) is 24.8. The molecule has 176 valence electrons. The maximum absolute atomic E-state index is 13.3. The zero-order valence-electron chi connectivity index (χ0n) is 18.9. The lowest BCUT2D eigenvalue weighted by Gasteiger charge is -2.18. The van der Waals surface area contributed by atoms with Gasteiger partial charge in [-0.2, -0.15) is 0 Å². The van der Waals surface area contributed by atoms with E-state index in [2.05, 4.69) is 33.2 Å². The van der Waals surface area contributed by atoms with E-state index in [4.69, 9.17) is 4.74 Å². The molecule has 0 radical (unpaired) electrons. The molecule has 0 saturated heterocycles. The van der Waals surface area contributed by atoms with E-state index in [0.717, 1.165) is 19.7 Å². The number of halogens is 1. The van der Waals surface area contributed by atoms with Crippen LogP contribution in [-0.2, 0) is 4.79 Å². The lowest BCUT2D eigenvalue weighted by molar-refractivity contribution is -0.115. The Hall–Kier alpha value is -3.30. The molecule has 4 aromatic rings. The van der Waals surface area contributed by atoms with Gasteiger partial charge in [-0.05, 0) is 94.9 Å². The minimum absolute atomic E-state index is 0.116. The molecule has 0 spiro atoms. The molecule has 4 rings (SSSR count). The van der Waals surface area contributed by atoms with Crippen LogP contribution in [-0.4, -0.2) is 18.9 Å². The van der Waals surface area contributed by atoms with Crippen LogP contribution in [0.1, 0.15) is 21.2 Å². The molecule has 7 heteroatoms. The Labute approximate surface area is 222 Å². The van der Waals surface area contributed by atoms with Crippen LogP contribution < -0.4 is 15.4 Å². The topological polar surface area (TPSA) is 67.4 Å². The molecule has 0 heterocycles. The van der Waals surface area contributed by atoms with Gasteiger partial charge in [0, 0.05) is 25.4 Å². The lowest BCUT2D eigenvalue weighted by atomic mass is 10.1. The van der Waals surface area contributed by atoms with E-state index in [-0.39, 0.29) is 11.8 Å². The third-order valence-corrected chi connectivity index (χ3v) is 7.12. The molecule has 1 unspecified atom stereocenters. The second-order valence-corrected chi connectivity index (χ2v) is 10.0. The Morgan fingerprint density at radius 3 is 2.20 bits per heavy atom. The number of hydrogen-bond acceptors (Lipinski definition) is 4. The number of nitrogens with one attached hydrogen (secondary N) is 2. The van der Waals surface area contributed by atoms with Crippen LogP contribution in [0, 0.1) is 3.57 Å². The fraction of sp³-hybridized carbons (Fsp3) is 0.0714. The molecule has 5 nitrogen and oxygen atoms in total. The summed E-state index contributed by atoms with van der Waals surface area (Å²) in [6.45, 7) is 0. The highest BCUT2D eigenvalue weighted by Gasteiger charge is 2.22. The standard InChI is InChI=1S/C28H23IN2O3S/c1-34-24-16-10-20(11-17-24)27(32)31-23-8-5-9-25(18-23)35-26(19-6-3-2-4-7-19)28(33)30-22-14-12-21(29)13-15-22/h2-18,26H,1H3,(H,30,33)(H,31,32). The molecule has 0 aromatic heterocycles. The number of thioether (sulfide) groups is 1. The minimum atomic E-state index is -0.469. The highest BCUT2D eigenvalue weighted by atomic mass is 127. The van der Waals surface area contributed by atoms with Gasteiger partial charge in [-0.15, -0.1) is 11.8 Å². The maximum atomic E-state index is 13.3. The van der Waals surface area contributed by atoms with Crippen molar-refractivity contribution in [2.75, 3.05) is 17.7 Å². The summed E-state index contributed by atoms with van der Waals surface area (Å²) in [5.74, 6) is 0.358. The maximum Gasteiger partial charge on any atom is 0.255 e. The van der Waals surface area contributed by atoms with Gasteiger partial charge < -0.3 is 15.4 Å². The molecule has 4 aromatic carbocycles. The van der Waals surface area contributed by atoms with Crippen LogP contribution in [0.4, 0.5) is 11.4 Å². The van der Waals surface area contributed by atoms with Gasteiger partial charge in [0.2, 0.25) is 5.91 Å². The second kappa shape index (κ2) is 11.9. The van der Waals surface area contributed by atoms with Crippen molar-refractivity contribution in [2.45, 2.75) is 10.1 Å². The van der Waals surface area contributed by atoms with Crippen LogP contribution >= 0.6 is 34.4 Å². The van der Waals surface area contributed by atoms with Gasteiger partial charge in [0.25, 0.3) is 5.91 Å². The average Bonchev–Trinajstić information content (AvgIpc) is 2.89. The zero-order valence-corrected chi connectivity index (χ0v) is 21.9. The summed E-state index contributed by atoms with van der Waals surface area (Å²) >= 11 is 3.67. The third kappa shape index (κ3) is 6.86. The fourth-order valence-corrected chi connectivity index (χ4v) is 4.81. The van der Waals surface area contributed by atoms with E-state index in [0.29, 0.717) is 17.0 Å². The van der Waals surface area contributed by atoms with Crippen LogP contribution in [0.5, 0.6) is 5.75 Å². The summed E-state index contributed by atoms with van der Waals surface area (Å²) < 4.78 is 6.25. The van der Waals surface area contributed by atoms with Gasteiger partial charge in [-0.3, -0.25) is 9.59 Å². The van der Waals surface area contributed by atoms with Crippen LogP contribution in [0.3, 0.4) is 0 Å². The molecule has 2 N–H and O–H groups in total. The Morgan fingerprint density at radius 1 is 0.800 bits per heavy atom. The van der Waals surface area contributed by atoms with Crippen molar-refractivity contribution in [1.29, 1.82) is 0 Å². The number of methoxy groups -OCH3 is 1. The third-order valence-electron chi connectivity index (χ3n) is 5.15. The van der Waals surface area contributed by atoms with Gasteiger partial charge in [0.15, 0.2) is 0 Å². The number of carbonyl (C=O) groups excluding carboxylic acids is 2. The molecule has 0 fully saturated rings. The van der Waals surface area contributed by atoms with Gasteiger partial charge in [0.05, 0.1) is 7.11 Å². The monoisotopic (exact) mass is 594 g/mol. The molecule has 0 bridgehead atoms. The molecule has 1 atom stereocenters. The Bertz CT molecular complexity index is 1300. The van der Waals surface area contributed by atoms with Gasteiger partial charge in [-0.1, -0.05) is 36.4 Å². The van der Waals surface area contributed by atoms with Crippen molar-refractivity contribution >= 4 is 57.5 Å². The van der Waals surface area contributed by atoms with Gasteiger partial charge in [0.1, 0.15) is 11.0 Å². The first-order chi connectivity index (χ1) is 17.0. The summed E-state index contributed by atoms with van der Waals surface area (Å²) in [7, 11) is 1.59. The largest absolute Gasteiger partial charge is 0.497 e. The number of anilines is 2. The van der Waals surface area contributed by atoms with Gasteiger partial charge >= 0.3 is 0 Å². The number of rotatable bonds is 8. The molecular weight excluding hydrogens is 571 g/mol. The van der Waals surface area contributed by atoms with Crippen molar-refractivity contribution in [2.24, 2.45) is 0 Å². The number of ether oxygens (including phenoxy) is 1. The molecule has 35 heavy (non-hydrogen) atoms. The Kier molecular flexibility index (Phi) is 8.44. The summed E-state index contributed by atoms with van der Waals surface area (Å²) in [5.41, 5.74) is 2.83. The predicted molar refractivity (Wildman–Crippen MR) is 150 cm³/mol. The molecule has 0 aliphatic rings. The van der Waals surface area contributed by atoms with Crippen LogP contribution in [0.15, 0.2) is 108 Å². The summed E-state index contributed by atoms with van der Waals surface area (Å²) in [5, 5.41) is 5.48. The highest BCUT2D eigenvalue weighted by Crippen LogP contribution is 2.37. The first-order valence-corrected chi connectivity index (χ1v) is 12.8. The molecule has 0 saturated carbocycles. The van der Waals surface area contributed by atoms with Crippen molar-refractivity contribution < 1.29 is 14.3 Å². The quantitative estimate of drug-likeness (QED) is 0.170. The van der Waals surface area contributed by atoms with E-state index in [1.165, 1.54) is 11.8 Å². The predicted octanol–water partition coefficient (Wildman–Crippen LogP) is 7.02. The number of benzene rings is 4. The first-order valence-electron chi connectivity index (χ1n) is 10.9. The molecule has 0 aliphatic heterocycles. The number of carbonyl (C=O) groups is 2. The Balaban J connectivity index is 1.51. The summed E-state index contributed by atoms with van der Waals surface area (Å²) in [6.07, 6.45) is 0. The number of hydrogen-bond donors (Lipinski definition) is 2. The number of amides is 2. The normalized spacial score (nSPS) is 11.4. The molecule has 0 aliphatic carbocycles. The average molecular weight is 594 g/mol. The van der Waals surface area contributed by atoms with E-state index in [9.17, 15) is 9.59 Å². The van der Waals surface area contributed by atoms with E-state index < -0.39 is 5.25 Å². The van der Waals surface area contributed by atoms with Crippen molar-refractivity contribution in [3.8, 4) is 5.75 Å². The minimum Gasteiger partial charge on any atom is -0.497 e. The van der Waals surface area contributed by atoms with Gasteiger partial charge in [-0.25, -0.2) is 0 Å². The SMILES string of the molecule is COc1ccc(C(=O)Nc2cccc(SC(C(=O)Nc3ccc(I)cc3)c3ccccc3)c2)cc1. The van der Waals surface area contributed by atoms with E-state index in [1.807, 2.05) is 78.9 Å².